The molecular formula is C56H37NO. The van der Waals surface area contributed by atoms with Crippen LogP contribution in [-0.2, 0) is 0 Å². The molecule has 2 heteroatoms. The summed E-state index contributed by atoms with van der Waals surface area (Å²) in [7, 11) is 0. The van der Waals surface area contributed by atoms with E-state index in [2.05, 4.69) is 217 Å². The largest absolute Gasteiger partial charge is 0.456 e. The lowest BCUT2D eigenvalue weighted by Crippen LogP contribution is -2.10. The zero-order valence-corrected chi connectivity index (χ0v) is 31.7. The molecule has 0 bridgehead atoms. The number of nitrogens with zero attached hydrogens (tertiary/aromatic N) is 1. The Morgan fingerprint density at radius 1 is 0.293 bits per heavy atom. The molecule has 11 rings (SSSR count). The second-order valence-corrected chi connectivity index (χ2v) is 14.9. The van der Waals surface area contributed by atoms with Crippen molar-refractivity contribution in [3.63, 3.8) is 0 Å². The molecule has 10 aromatic carbocycles. The van der Waals surface area contributed by atoms with Crippen molar-refractivity contribution in [2.45, 2.75) is 0 Å². The molecule has 0 aliphatic heterocycles. The van der Waals surface area contributed by atoms with Crippen molar-refractivity contribution < 1.29 is 4.42 Å². The van der Waals surface area contributed by atoms with E-state index in [1.807, 2.05) is 12.1 Å². The predicted molar refractivity (Wildman–Crippen MR) is 245 cm³/mol. The van der Waals surface area contributed by atoms with Crippen molar-refractivity contribution in [3.05, 3.63) is 224 Å². The van der Waals surface area contributed by atoms with Crippen molar-refractivity contribution in [1.82, 2.24) is 0 Å². The third-order valence-electron chi connectivity index (χ3n) is 11.5. The normalized spacial score (nSPS) is 11.4. The maximum atomic E-state index is 6.39. The summed E-state index contributed by atoms with van der Waals surface area (Å²) in [6.45, 7) is 0. The summed E-state index contributed by atoms with van der Waals surface area (Å²) in [4.78, 5) is 2.36. The van der Waals surface area contributed by atoms with Crippen molar-refractivity contribution in [2.24, 2.45) is 0 Å². The van der Waals surface area contributed by atoms with E-state index >= 15 is 0 Å². The van der Waals surface area contributed by atoms with Gasteiger partial charge in [0.25, 0.3) is 0 Å². The van der Waals surface area contributed by atoms with Gasteiger partial charge in [0.15, 0.2) is 0 Å². The van der Waals surface area contributed by atoms with E-state index in [4.69, 9.17) is 4.42 Å². The zero-order chi connectivity index (χ0) is 38.4. The highest BCUT2D eigenvalue weighted by atomic mass is 16.3. The average Bonchev–Trinajstić information content (AvgIpc) is 3.69. The molecule has 272 valence electrons. The minimum Gasteiger partial charge on any atom is -0.456 e. The molecule has 1 aromatic heterocycles. The van der Waals surface area contributed by atoms with Crippen LogP contribution in [0, 0.1) is 0 Å². The number of furan rings is 1. The van der Waals surface area contributed by atoms with E-state index in [1.165, 1.54) is 66.1 Å². The number of anilines is 3. The molecule has 0 amide bonds. The van der Waals surface area contributed by atoms with E-state index < -0.39 is 0 Å². The topological polar surface area (TPSA) is 16.4 Å². The van der Waals surface area contributed by atoms with Crippen LogP contribution in [0.1, 0.15) is 0 Å². The molecule has 0 radical (unpaired) electrons. The van der Waals surface area contributed by atoms with Gasteiger partial charge in [0.05, 0.1) is 11.1 Å². The first-order valence-corrected chi connectivity index (χ1v) is 19.8. The summed E-state index contributed by atoms with van der Waals surface area (Å²) < 4.78 is 6.39. The number of rotatable bonds is 7. The Balaban J connectivity index is 0.987. The molecular weight excluding hydrogens is 703 g/mol. The molecule has 0 aliphatic carbocycles. The summed E-state index contributed by atoms with van der Waals surface area (Å²) >= 11 is 0. The summed E-state index contributed by atoms with van der Waals surface area (Å²) in [5, 5.41) is 7.16. The number of benzene rings is 10. The van der Waals surface area contributed by atoms with E-state index in [0.717, 1.165) is 39.0 Å². The van der Waals surface area contributed by atoms with Gasteiger partial charge < -0.3 is 9.32 Å². The van der Waals surface area contributed by atoms with Crippen LogP contribution in [0.3, 0.4) is 0 Å². The summed E-state index contributed by atoms with van der Waals surface area (Å²) in [5.74, 6) is 0. The van der Waals surface area contributed by atoms with Crippen LogP contribution in [0.2, 0.25) is 0 Å². The molecule has 2 nitrogen and oxygen atoms in total. The monoisotopic (exact) mass is 739 g/mol. The van der Waals surface area contributed by atoms with Crippen LogP contribution in [0.4, 0.5) is 17.1 Å². The lowest BCUT2D eigenvalue weighted by molar-refractivity contribution is 0.669. The fourth-order valence-electron chi connectivity index (χ4n) is 8.64. The summed E-state index contributed by atoms with van der Waals surface area (Å²) in [6, 6.07) is 80.6. The second kappa shape index (κ2) is 14.1. The standard InChI is InChI=1S/C56H37NO/c1-3-12-40(13-4-1)48-19-9-16-44-36-42(28-34-50(44)48)38-24-30-46(31-25-38)57(53-21-11-23-55-56(53)52-18-7-8-22-54(52)58-55)47-32-26-39(27-33-47)43-29-35-51-45(37-43)17-10-20-49(51)41-14-5-2-6-15-41/h1-37H. The summed E-state index contributed by atoms with van der Waals surface area (Å²) in [5.41, 5.74) is 14.6. The van der Waals surface area contributed by atoms with Gasteiger partial charge in [-0.2, -0.15) is 0 Å². The molecule has 0 fully saturated rings. The second-order valence-electron chi connectivity index (χ2n) is 14.9. The first kappa shape index (κ1) is 33.6. The quantitative estimate of drug-likeness (QED) is 0.162. The van der Waals surface area contributed by atoms with Crippen LogP contribution in [0.5, 0.6) is 0 Å². The average molecular weight is 740 g/mol. The highest BCUT2D eigenvalue weighted by Gasteiger charge is 2.20. The lowest BCUT2D eigenvalue weighted by Gasteiger charge is -2.26. The molecule has 1 heterocycles. The van der Waals surface area contributed by atoms with Gasteiger partial charge >= 0.3 is 0 Å². The first-order valence-electron chi connectivity index (χ1n) is 19.8. The Morgan fingerprint density at radius 3 is 1.31 bits per heavy atom. The molecule has 0 saturated carbocycles. The van der Waals surface area contributed by atoms with Crippen molar-refractivity contribution in [1.29, 1.82) is 0 Å². The SMILES string of the molecule is c1ccc(-c2cccc3cc(-c4ccc(N(c5ccc(-c6ccc7c(-c8ccccc8)cccc7c6)cc5)c5cccc6oc7ccccc7c56)cc4)ccc23)cc1. The minimum absolute atomic E-state index is 0.869. The lowest BCUT2D eigenvalue weighted by atomic mass is 9.95. The minimum atomic E-state index is 0.869. The van der Waals surface area contributed by atoms with Crippen LogP contribution in [-0.4, -0.2) is 0 Å². The number of para-hydroxylation sites is 1. The van der Waals surface area contributed by atoms with Crippen LogP contribution in [0.25, 0.3) is 88.0 Å². The van der Waals surface area contributed by atoms with Crippen molar-refractivity contribution >= 4 is 60.5 Å². The smallest absolute Gasteiger partial charge is 0.137 e. The van der Waals surface area contributed by atoms with Gasteiger partial charge in [0, 0.05) is 16.8 Å². The fourth-order valence-corrected chi connectivity index (χ4v) is 8.64. The number of hydrogen-bond donors (Lipinski definition) is 0. The maximum Gasteiger partial charge on any atom is 0.137 e. The molecule has 0 atom stereocenters. The Kier molecular flexibility index (Phi) is 8.19. The number of fused-ring (bicyclic) bond motifs is 5. The van der Waals surface area contributed by atoms with Gasteiger partial charge in [0.1, 0.15) is 11.2 Å². The Morgan fingerprint density at radius 2 is 0.759 bits per heavy atom. The van der Waals surface area contributed by atoms with Gasteiger partial charge in [-0.3, -0.25) is 0 Å². The predicted octanol–water partition coefficient (Wildman–Crippen LogP) is 16.0. The third kappa shape index (κ3) is 5.91. The van der Waals surface area contributed by atoms with Gasteiger partial charge in [-0.1, -0.05) is 170 Å². The highest BCUT2D eigenvalue weighted by Crippen LogP contribution is 2.44. The summed E-state index contributed by atoms with van der Waals surface area (Å²) in [6.07, 6.45) is 0. The van der Waals surface area contributed by atoms with Gasteiger partial charge in [-0.05, 0) is 121 Å². The third-order valence-corrected chi connectivity index (χ3v) is 11.5. The molecule has 58 heavy (non-hydrogen) atoms. The molecule has 0 aliphatic rings. The fraction of sp³-hybridized carbons (Fsp3) is 0. The Hall–Kier alpha value is -7.68. The van der Waals surface area contributed by atoms with E-state index in [-0.39, 0.29) is 0 Å². The van der Waals surface area contributed by atoms with Crippen molar-refractivity contribution in [3.8, 4) is 44.5 Å². The van der Waals surface area contributed by atoms with E-state index in [9.17, 15) is 0 Å². The van der Waals surface area contributed by atoms with E-state index in [1.54, 1.807) is 0 Å². The van der Waals surface area contributed by atoms with Crippen molar-refractivity contribution in [2.75, 3.05) is 4.90 Å². The van der Waals surface area contributed by atoms with Gasteiger partial charge in [-0.25, -0.2) is 0 Å². The molecule has 0 N–H and O–H groups in total. The molecule has 0 saturated heterocycles. The van der Waals surface area contributed by atoms with Crippen LogP contribution < -0.4 is 4.90 Å². The molecule has 11 aromatic rings. The van der Waals surface area contributed by atoms with Gasteiger partial charge in [0.2, 0.25) is 0 Å². The number of hydrogen-bond acceptors (Lipinski definition) is 2. The Labute approximate surface area is 337 Å². The zero-order valence-electron chi connectivity index (χ0n) is 31.7. The maximum absolute atomic E-state index is 6.39. The highest BCUT2D eigenvalue weighted by molar-refractivity contribution is 6.13. The van der Waals surface area contributed by atoms with Crippen LogP contribution >= 0.6 is 0 Å². The van der Waals surface area contributed by atoms with Crippen LogP contribution in [0.15, 0.2) is 229 Å². The molecule has 0 spiro atoms. The van der Waals surface area contributed by atoms with Gasteiger partial charge in [-0.15, -0.1) is 0 Å². The molecule has 0 unspecified atom stereocenters. The first-order chi connectivity index (χ1) is 28.7. The van der Waals surface area contributed by atoms with E-state index in [0.29, 0.717) is 0 Å². The Bertz CT molecular complexity index is 3090.